The van der Waals surface area contributed by atoms with E-state index in [1.54, 1.807) is 0 Å². The van der Waals surface area contributed by atoms with E-state index in [-0.39, 0.29) is 5.92 Å². The van der Waals surface area contributed by atoms with Crippen molar-refractivity contribution < 1.29 is 14.6 Å². The van der Waals surface area contributed by atoms with Crippen LogP contribution in [0.2, 0.25) is 0 Å². The van der Waals surface area contributed by atoms with Gasteiger partial charge in [0.1, 0.15) is 12.4 Å². The molecule has 0 unspecified atom stereocenters. The Kier molecular flexibility index (Phi) is 11.9. The number of thioether (sulfide) groups is 1. The molecule has 0 aromatic heterocycles. The zero-order chi connectivity index (χ0) is 25.8. The van der Waals surface area contributed by atoms with Crippen molar-refractivity contribution in [2.45, 2.75) is 71.8 Å². The fourth-order valence-electron chi connectivity index (χ4n) is 4.88. The van der Waals surface area contributed by atoms with Crippen LogP contribution in [0.5, 0.6) is 5.75 Å². The molecule has 0 amide bonds. The number of likely N-dealkylation sites (tertiary alicyclic amines) is 1. The van der Waals surface area contributed by atoms with Gasteiger partial charge in [-0.05, 0) is 91.4 Å². The standard InChI is InChI=1S/C31H43NO3S/c1-4-6-27(7-5-2)28-10-8-25(9-11-28)22-35-30-14-12-26(13-15-30)24(3)23-36-21-20-32-18-16-29(17-19-32)31(33)34/h8-15,23,27,29H,4-7,16-22H2,1-3H3,(H,33,34)/b24-23+. The summed E-state index contributed by atoms with van der Waals surface area (Å²) in [5, 5.41) is 11.4. The Morgan fingerprint density at radius 1 is 1.06 bits per heavy atom. The van der Waals surface area contributed by atoms with Crippen molar-refractivity contribution in [3.05, 3.63) is 70.6 Å². The average molecular weight is 510 g/mol. The van der Waals surface area contributed by atoms with Gasteiger partial charge in [0, 0.05) is 12.3 Å². The summed E-state index contributed by atoms with van der Waals surface area (Å²) in [7, 11) is 0. The van der Waals surface area contributed by atoms with E-state index in [1.165, 1.54) is 47.9 Å². The van der Waals surface area contributed by atoms with Crippen LogP contribution in [0.3, 0.4) is 0 Å². The van der Waals surface area contributed by atoms with E-state index in [0.717, 1.165) is 44.0 Å². The molecule has 3 rings (SSSR count). The zero-order valence-corrected chi connectivity index (χ0v) is 23.1. The van der Waals surface area contributed by atoms with Crippen LogP contribution in [-0.2, 0) is 11.4 Å². The Balaban J connectivity index is 1.41. The predicted octanol–water partition coefficient (Wildman–Crippen LogP) is 7.84. The smallest absolute Gasteiger partial charge is 0.306 e. The third-order valence-electron chi connectivity index (χ3n) is 7.16. The van der Waals surface area contributed by atoms with Crippen molar-refractivity contribution in [2.75, 3.05) is 25.4 Å². The lowest BCUT2D eigenvalue weighted by Gasteiger charge is -2.29. The van der Waals surface area contributed by atoms with Gasteiger partial charge in [0.05, 0.1) is 5.92 Å². The number of allylic oxidation sites excluding steroid dienone is 1. The van der Waals surface area contributed by atoms with Gasteiger partial charge in [0.15, 0.2) is 0 Å². The molecule has 2 aromatic carbocycles. The normalized spacial score (nSPS) is 15.4. The maximum Gasteiger partial charge on any atom is 0.306 e. The quantitative estimate of drug-likeness (QED) is 0.263. The minimum absolute atomic E-state index is 0.155. The number of hydrogen-bond donors (Lipinski definition) is 1. The van der Waals surface area contributed by atoms with Crippen LogP contribution in [0.15, 0.2) is 53.9 Å². The molecule has 1 saturated heterocycles. The second kappa shape index (κ2) is 15.1. The van der Waals surface area contributed by atoms with Crippen LogP contribution in [0.4, 0.5) is 0 Å². The molecule has 1 aliphatic heterocycles. The van der Waals surface area contributed by atoms with Crippen LogP contribution < -0.4 is 4.74 Å². The molecule has 1 aliphatic rings. The molecule has 1 N–H and O–H groups in total. The van der Waals surface area contributed by atoms with E-state index < -0.39 is 5.97 Å². The molecule has 0 aliphatic carbocycles. The Morgan fingerprint density at radius 2 is 1.69 bits per heavy atom. The van der Waals surface area contributed by atoms with Crippen LogP contribution in [0.1, 0.15) is 81.9 Å². The average Bonchev–Trinajstić information content (AvgIpc) is 2.90. The number of ether oxygens (including phenoxy) is 1. The van der Waals surface area contributed by atoms with Crippen molar-refractivity contribution in [2.24, 2.45) is 5.92 Å². The number of piperidine rings is 1. The summed E-state index contributed by atoms with van der Waals surface area (Å²) in [6, 6.07) is 17.3. The van der Waals surface area contributed by atoms with Gasteiger partial charge in [0.2, 0.25) is 0 Å². The van der Waals surface area contributed by atoms with Gasteiger partial charge in [-0.1, -0.05) is 63.1 Å². The van der Waals surface area contributed by atoms with Gasteiger partial charge in [-0.2, -0.15) is 0 Å². The maximum absolute atomic E-state index is 11.1. The molecular weight excluding hydrogens is 466 g/mol. The third kappa shape index (κ3) is 9.01. The van der Waals surface area contributed by atoms with Crippen molar-refractivity contribution >= 4 is 23.3 Å². The lowest BCUT2D eigenvalue weighted by atomic mass is 9.90. The molecular formula is C31H43NO3S. The summed E-state index contributed by atoms with van der Waals surface area (Å²) in [6.45, 7) is 10.1. The van der Waals surface area contributed by atoms with Gasteiger partial charge < -0.3 is 14.7 Å². The highest BCUT2D eigenvalue weighted by atomic mass is 32.2. The topological polar surface area (TPSA) is 49.8 Å². The van der Waals surface area contributed by atoms with Crippen molar-refractivity contribution in [1.29, 1.82) is 0 Å². The van der Waals surface area contributed by atoms with Crippen LogP contribution in [0, 0.1) is 5.92 Å². The molecule has 36 heavy (non-hydrogen) atoms. The molecule has 0 saturated carbocycles. The van der Waals surface area contributed by atoms with Gasteiger partial charge in [-0.3, -0.25) is 4.79 Å². The monoisotopic (exact) mass is 509 g/mol. The van der Waals surface area contributed by atoms with E-state index in [2.05, 4.69) is 79.6 Å². The lowest BCUT2D eigenvalue weighted by Crippen LogP contribution is -2.37. The molecule has 4 nitrogen and oxygen atoms in total. The van der Waals surface area contributed by atoms with Crippen molar-refractivity contribution in [1.82, 2.24) is 4.90 Å². The molecule has 2 aromatic rings. The van der Waals surface area contributed by atoms with E-state index >= 15 is 0 Å². The molecule has 1 heterocycles. The summed E-state index contributed by atoms with van der Waals surface area (Å²) >= 11 is 1.83. The van der Waals surface area contributed by atoms with Gasteiger partial charge in [0.25, 0.3) is 0 Å². The van der Waals surface area contributed by atoms with E-state index in [1.807, 2.05) is 11.8 Å². The summed E-state index contributed by atoms with van der Waals surface area (Å²) in [6.07, 6.45) is 6.52. The number of carbonyl (C=O) groups is 1. The number of benzene rings is 2. The predicted molar refractivity (Wildman–Crippen MR) is 153 cm³/mol. The van der Waals surface area contributed by atoms with Gasteiger partial charge >= 0.3 is 5.97 Å². The first-order valence-corrected chi connectivity index (χ1v) is 14.6. The Morgan fingerprint density at radius 3 is 2.28 bits per heavy atom. The van der Waals surface area contributed by atoms with Crippen LogP contribution in [-0.4, -0.2) is 41.4 Å². The number of nitrogens with zero attached hydrogens (tertiary/aromatic N) is 1. The number of aliphatic carboxylic acids is 1. The van der Waals surface area contributed by atoms with Gasteiger partial charge in [-0.15, -0.1) is 11.8 Å². The van der Waals surface area contributed by atoms with Crippen LogP contribution in [0.25, 0.3) is 5.57 Å². The summed E-state index contributed by atoms with van der Waals surface area (Å²) in [5.74, 6) is 1.79. The second-order valence-corrected chi connectivity index (χ2v) is 10.9. The first kappa shape index (κ1) is 28.3. The Hall–Kier alpha value is -2.24. The largest absolute Gasteiger partial charge is 0.489 e. The second-order valence-electron chi connectivity index (χ2n) is 9.95. The molecule has 0 atom stereocenters. The highest BCUT2D eigenvalue weighted by Gasteiger charge is 2.23. The number of carboxylic acid groups (broad SMARTS) is 1. The minimum atomic E-state index is -0.643. The van der Waals surface area contributed by atoms with Gasteiger partial charge in [-0.25, -0.2) is 0 Å². The minimum Gasteiger partial charge on any atom is -0.489 e. The molecule has 0 bridgehead atoms. The first-order chi connectivity index (χ1) is 17.5. The summed E-state index contributed by atoms with van der Waals surface area (Å²) in [4.78, 5) is 13.5. The summed E-state index contributed by atoms with van der Waals surface area (Å²) in [5.41, 5.74) is 5.11. The van der Waals surface area contributed by atoms with E-state index in [0.29, 0.717) is 12.5 Å². The van der Waals surface area contributed by atoms with Crippen molar-refractivity contribution in [3.63, 3.8) is 0 Å². The maximum atomic E-state index is 11.1. The lowest BCUT2D eigenvalue weighted by molar-refractivity contribution is -0.143. The fourth-order valence-corrected chi connectivity index (χ4v) is 5.75. The fraction of sp³-hybridized carbons (Fsp3) is 0.516. The van der Waals surface area contributed by atoms with E-state index in [4.69, 9.17) is 9.84 Å². The molecule has 5 heteroatoms. The highest BCUT2D eigenvalue weighted by molar-refractivity contribution is 8.02. The third-order valence-corrected chi connectivity index (χ3v) is 8.10. The summed E-state index contributed by atoms with van der Waals surface area (Å²) < 4.78 is 6.04. The van der Waals surface area contributed by atoms with Crippen molar-refractivity contribution in [3.8, 4) is 5.75 Å². The Labute approximate surface area is 222 Å². The number of hydrogen-bond acceptors (Lipinski definition) is 4. The zero-order valence-electron chi connectivity index (χ0n) is 22.2. The van der Waals surface area contributed by atoms with Crippen LogP contribution >= 0.6 is 11.8 Å². The first-order valence-electron chi connectivity index (χ1n) is 13.6. The molecule has 1 fully saturated rings. The van der Waals surface area contributed by atoms with E-state index in [9.17, 15) is 4.79 Å². The molecule has 196 valence electrons. The number of carboxylic acids is 1. The highest BCUT2D eigenvalue weighted by Crippen LogP contribution is 2.27. The molecule has 0 spiro atoms. The number of rotatable bonds is 14. The Bertz CT molecular complexity index is 941. The molecule has 0 radical (unpaired) electrons. The SMILES string of the molecule is CCCC(CCC)c1ccc(COc2ccc(/C(C)=C/SCCN3CCC(C(=O)O)CC3)cc2)cc1.